The average molecular weight is 263 g/mol. The van der Waals surface area contributed by atoms with Gasteiger partial charge in [-0.05, 0) is 29.9 Å². The Morgan fingerprint density at radius 1 is 1.21 bits per heavy atom. The summed E-state index contributed by atoms with van der Waals surface area (Å²) in [5.74, 6) is 0.750. The summed E-state index contributed by atoms with van der Waals surface area (Å²) in [6, 6.07) is 8.52. The second-order valence-corrected chi connectivity index (χ2v) is 5.45. The van der Waals surface area contributed by atoms with E-state index in [9.17, 15) is 4.79 Å². The summed E-state index contributed by atoms with van der Waals surface area (Å²) >= 11 is 0. The molecular formula is C16H25NO2. The van der Waals surface area contributed by atoms with Gasteiger partial charge in [0.1, 0.15) is 0 Å². The zero-order chi connectivity index (χ0) is 14.3. The second kappa shape index (κ2) is 7.95. The summed E-state index contributed by atoms with van der Waals surface area (Å²) in [6.07, 6.45) is 2.36. The highest BCUT2D eigenvalue weighted by Crippen LogP contribution is 2.11. The Labute approximate surface area is 116 Å². The number of rotatable bonds is 7. The zero-order valence-electron chi connectivity index (χ0n) is 12.2. The van der Waals surface area contributed by atoms with Gasteiger partial charge in [0.2, 0.25) is 5.91 Å². The van der Waals surface area contributed by atoms with Gasteiger partial charge >= 0.3 is 0 Å². The number of benzene rings is 1. The van der Waals surface area contributed by atoms with Crippen LogP contribution in [0.25, 0.3) is 0 Å². The van der Waals surface area contributed by atoms with Crippen molar-refractivity contribution in [2.24, 2.45) is 5.92 Å². The van der Waals surface area contributed by atoms with E-state index in [0.29, 0.717) is 18.9 Å². The van der Waals surface area contributed by atoms with Gasteiger partial charge in [0.15, 0.2) is 0 Å². The number of aryl methyl sites for hydroxylation is 1. The van der Waals surface area contributed by atoms with E-state index < -0.39 is 0 Å². The maximum atomic E-state index is 11.7. The van der Waals surface area contributed by atoms with Crippen LogP contribution in [0.3, 0.4) is 0 Å². The Hall–Kier alpha value is -1.35. The highest BCUT2D eigenvalue weighted by Gasteiger charge is 2.08. The fraction of sp³-hybridized carbons (Fsp3) is 0.562. The van der Waals surface area contributed by atoms with Crippen LogP contribution in [-0.2, 0) is 17.6 Å². The van der Waals surface area contributed by atoms with Gasteiger partial charge in [-0.25, -0.2) is 0 Å². The lowest BCUT2D eigenvalue weighted by atomic mass is 10.0. The molecule has 0 aromatic heterocycles. The maximum absolute atomic E-state index is 11.7. The van der Waals surface area contributed by atoms with Crippen molar-refractivity contribution in [2.45, 2.75) is 33.1 Å². The van der Waals surface area contributed by atoms with Gasteiger partial charge in [-0.3, -0.25) is 4.79 Å². The summed E-state index contributed by atoms with van der Waals surface area (Å²) in [5, 5.41) is 8.78. The number of likely N-dealkylation sites (N-methyl/N-ethyl adjacent to an activating group) is 1. The Bertz CT molecular complexity index is 384. The molecule has 0 aliphatic heterocycles. The largest absolute Gasteiger partial charge is 0.395 e. The van der Waals surface area contributed by atoms with E-state index in [2.05, 4.69) is 38.1 Å². The normalized spacial score (nSPS) is 10.8. The molecule has 0 aliphatic rings. The first kappa shape index (κ1) is 15.7. The van der Waals surface area contributed by atoms with Crippen LogP contribution in [-0.4, -0.2) is 36.1 Å². The third-order valence-electron chi connectivity index (χ3n) is 3.16. The van der Waals surface area contributed by atoms with E-state index >= 15 is 0 Å². The van der Waals surface area contributed by atoms with Crippen LogP contribution in [0.15, 0.2) is 24.3 Å². The minimum atomic E-state index is 0.0200. The molecule has 0 unspecified atom stereocenters. The number of hydrogen-bond acceptors (Lipinski definition) is 2. The molecule has 1 rings (SSSR count). The predicted octanol–water partition coefficient (Wildman–Crippen LogP) is 2.27. The maximum Gasteiger partial charge on any atom is 0.222 e. The van der Waals surface area contributed by atoms with E-state index in [4.69, 9.17) is 5.11 Å². The zero-order valence-corrected chi connectivity index (χ0v) is 12.2. The number of aliphatic hydroxyl groups is 1. The average Bonchev–Trinajstić information content (AvgIpc) is 2.37. The van der Waals surface area contributed by atoms with Crippen LogP contribution in [0.4, 0.5) is 0 Å². The van der Waals surface area contributed by atoms with Gasteiger partial charge < -0.3 is 10.0 Å². The fourth-order valence-corrected chi connectivity index (χ4v) is 2.03. The number of carbonyl (C=O) groups is 1. The van der Waals surface area contributed by atoms with Crippen molar-refractivity contribution < 1.29 is 9.90 Å². The Morgan fingerprint density at radius 3 is 2.32 bits per heavy atom. The topological polar surface area (TPSA) is 40.5 Å². The van der Waals surface area contributed by atoms with E-state index in [-0.39, 0.29) is 12.5 Å². The lowest BCUT2D eigenvalue weighted by Crippen LogP contribution is -2.29. The van der Waals surface area contributed by atoms with Gasteiger partial charge in [0.25, 0.3) is 0 Å². The number of aliphatic hydroxyl groups excluding tert-OH is 1. The molecule has 106 valence electrons. The summed E-state index contributed by atoms with van der Waals surface area (Å²) in [7, 11) is 1.73. The molecule has 0 fully saturated rings. The minimum Gasteiger partial charge on any atom is -0.395 e. The predicted molar refractivity (Wildman–Crippen MR) is 78.0 cm³/mol. The molecule has 0 radical (unpaired) electrons. The molecule has 0 atom stereocenters. The molecule has 1 aromatic rings. The van der Waals surface area contributed by atoms with Gasteiger partial charge in [-0.2, -0.15) is 0 Å². The molecule has 0 saturated heterocycles. The minimum absolute atomic E-state index is 0.0200. The molecule has 0 bridgehead atoms. The van der Waals surface area contributed by atoms with Gasteiger partial charge in [0.05, 0.1) is 6.61 Å². The van der Waals surface area contributed by atoms with Gasteiger partial charge in [0, 0.05) is 20.0 Å². The smallest absolute Gasteiger partial charge is 0.222 e. The Morgan fingerprint density at radius 2 is 1.79 bits per heavy atom. The second-order valence-electron chi connectivity index (χ2n) is 5.45. The van der Waals surface area contributed by atoms with Crippen molar-refractivity contribution in [2.75, 3.05) is 20.2 Å². The first-order chi connectivity index (χ1) is 9.02. The number of amides is 1. The van der Waals surface area contributed by atoms with E-state index in [1.165, 1.54) is 11.1 Å². The van der Waals surface area contributed by atoms with Crippen molar-refractivity contribution >= 4 is 5.91 Å². The van der Waals surface area contributed by atoms with Crippen LogP contribution in [0.1, 0.15) is 31.4 Å². The first-order valence-electron chi connectivity index (χ1n) is 6.95. The molecule has 0 spiro atoms. The summed E-state index contributed by atoms with van der Waals surface area (Å²) in [5.41, 5.74) is 2.54. The molecule has 1 aromatic carbocycles. The van der Waals surface area contributed by atoms with Gasteiger partial charge in [-0.1, -0.05) is 38.1 Å². The van der Waals surface area contributed by atoms with Crippen LogP contribution in [0.5, 0.6) is 0 Å². The third-order valence-corrected chi connectivity index (χ3v) is 3.16. The molecule has 3 nitrogen and oxygen atoms in total. The monoisotopic (exact) mass is 263 g/mol. The number of hydrogen-bond donors (Lipinski definition) is 1. The molecule has 1 amide bonds. The molecule has 1 N–H and O–H groups in total. The summed E-state index contributed by atoms with van der Waals surface area (Å²) in [6.45, 7) is 4.85. The highest BCUT2D eigenvalue weighted by molar-refractivity contribution is 5.76. The molecule has 19 heavy (non-hydrogen) atoms. The third kappa shape index (κ3) is 5.88. The van der Waals surface area contributed by atoms with Crippen LogP contribution in [0.2, 0.25) is 0 Å². The molecule has 3 heteroatoms. The Kier molecular flexibility index (Phi) is 6.57. The van der Waals surface area contributed by atoms with E-state index in [1.54, 1.807) is 11.9 Å². The standard InChI is InChI=1S/C16H25NO2/c1-13(2)12-15-6-4-14(5-7-15)8-9-16(19)17(3)10-11-18/h4-7,13,18H,8-12H2,1-3H3. The van der Waals surface area contributed by atoms with Crippen molar-refractivity contribution in [1.29, 1.82) is 0 Å². The summed E-state index contributed by atoms with van der Waals surface area (Å²) < 4.78 is 0. The molecule has 0 aliphatic carbocycles. The quantitative estimate of drug-likeness (QED) is 0.820. The van der Waals surface area contributed by atoms with Crippen molar-refractivity contribution in [3.05, 3.63) is 35.4 Å². The Balaban J connectivity index is 2.43. The van der Waals surface area contributed by atoms with Crippen molar-refractivity contribution in [3.63, 3.8) is 0 Å². The molecule has 0 saturated carbocycles. The van der Waals surface area contributed by atoms with Crippen molar-refractivity contribution in [3.8, 4) is 0 Å². The van der Waals surface area contributed by atoms with Crippen LogP contribution in [0, 0.1) is 5.92 Å². The SMILES string of the molecule is CC(C)Cc1ccc(CCC(=O)N(C)CCO)cc1. The summed E-state index contributed by atoms with van der Waals surface area (Å²) in [4.78, 5) is 13.3. The lowest BCUT2D eigenvalue weighted by Gasteiger charge is -2.15. The number of carbonyl (C=O) groups excluding carboxylic acids is 1. The fourth-order valence-electron chi connectivity index (χ4n) is 2.03. The van der Waals surface area contributed by atoms with E-state index in [1.807, 2.05) is 0 Å². The van der Waals surface area contributed by atoms with Crippen LogP contribution < -0.4 is 0 Å². The molecular weight excluding hydrogens is 238 g/mol. The number of nitrogens with zero attached hydrogens (tertiary/aromatic N) is 1. The first-order valence-corrected chi connectivity index (χ1v) is 6.95. The molecule has 0 heterocycles. The highest BCUT2D eigenvalue weighted by atomic mass is 16.3. The lowest BCUT2D eigenvalue weighted by molar-refractivity contribution is -0.130. The van der Waals surface area contributed by atoms with E-state index in [0.717, 1.165) is 12.8 Å². The van der Waals surface area contributed by atoms with Crippen molar-refractivity contribution in [1.82, 2.24) is 4.90 Å². The van der Waals surface area contributed by atoms with Crippen LogP contribution >= 0.6 is 0 Å². The van der Waals surface area contributed by atoms with Gasteiger partial charge in [-0.15, -0.1) is 0 Å².